The zero-order valence-corrected chi connectivity index (χ0v) is 58.7. The van der Waals surface area contributed by atoms with Crippen molar-refractivity contribution in [3.05, 3.63) is 397 Å². The highest BCUT2D eigenvalue weighted by atomic mass is 16.3. The third kappa shape index (κ3) is 12.8. The van der Waals surface area contributed by atoms with Crippen molar-refractivity contribution in [3.8, 4) is 11.1 Å². The number of hydrogen-bond donors (Lipinski definition) is 0. The first-order valence-electron chi connectivity index (χ1n) is 35.3. The van der Waals surface area contributed by atoms with Crippen molar-refractivity contribution in [2.75, 3.05) is 29.4 Å². The highest BCUT2D eigenvalue weighted by Crippen LogP contribution is 2.53. The number of anilines is 18. The molecular weight excluding hydrogens is 1250 g/mol. The van der Waals surface area contributed by atoms with Crippen molar-refractivity contribution < 1.29 is 4.42 Å². The Kier molecular flexibility index (Phi) is 17.7. The van der Waals surface area contributed by atoms with Crippen molar-refractivity contribution >= 4 is 124 Å². The molecular formula is C96H78N6O. The fraction of sp³-hybridized carbons (Fsp3) is 0.0625. The molecule has 16 rings (SSSR count). The summed E-state index contributed by atoms with van der Waals surface area (Å²) in [5.41, 5.74) is 29.0. The van der Waals surface area contributed by atoms with E-state index in [1.54, 1.807) is 0 Å². The number of aryl methyl sites for hydroxylation is 6. The molecule has 7 nitrogen and oxygen atoms in total. The van der Waals surface area contributed by atoms with Gasteiger partial charge in [0, 0.05) is 67.5 Å². The Hall–Kier alpha value is -13.1. The molecule has 0 fully saturated rings. The summed E-state index contributed by atoms with van der Waals surface area (Å²) in [4.78, 5) is 14.6. The van der Waals surface area contributed by atoms with Crippen LogP contribution in [0.5, 0.6) is 0 Å². The zero-order valence-electron chi connectivity index (χ0n) is 58.7. The van der Waals surface area contributed by atoms with E-state index < -0.39 is 0 Å². The molecule has 0 saturated heterocycles. The molecule has 498 valence electrons. The number of fused-ring (bicyclic) bond motifs is 3. The number of nitrogens with zero attached hydrogens (tertiary/aromatic N) is 6. The monoisotopic (exact) mass is 1330 g/mol. The summed E-state index contributed by atoms with van der Waals surface area (Å²) in [5, 5.41) is 2.11. The molecule has 16 aromatic rings. The molecule has 0 bridgehead atoms. The SMILES string of the molecule is Cc1cc(C)c(N(c2ccccc2)c2cc(N(c3ccccc3)c3cccc(N(c4cc(N(c5ccccc5)c5ccccc5)cc(N(c5ccccc5)c5ccccc5)c4)c4ccccc4-c4cccc5oc6ccccc6c45)c3)cc(N(c3ccccc3)c3c(C)cc(C)cc3C)c2)c(C)c1. The minimum absolute atomic E-state index is 0.825. The van der Waals surface area contributed by atoms with E-state index >= 15 is 0 Å². The van der Waals surface area contributed by atoms with E-state index in [1.807, 2.05) is 6.07 Å². The number of para-hydroxylation sites is 9. The molecule has 0 aliphatic rings. The number of benzene rings is 15. The Balaban J connectivity index is 0.996. The van der Waals surface area contributed by atoms with Crippen LogP contribution in [-0.2, 0) is 0 Å². The van der Waals surface area contributed by atoms with Crippen LogP contribution in [-0.4, -0.2) is 0 Å². The van der Waals surface area contributed by atoms with Crippen molar-refractivity contribution in [1.82, 2.24) is 0 Å². The van der Waals surface area contributed by atoms with E-state index in [0.717, 1.165) is 135 Å². The molecule has 1 heterocycles. The molecule has 103 heavy (non-hydrogen) atoms. The largest absolute Gasteiger partial charge is 0.456 e. The predicted octanol–water partition coefficient (Wildman–Crippen LogP) is 27.9. The highest BCUT2D eigenvalue weighted by Gasteiger charge is 2.29. The molecule has 15 aromatic carbocycles. The third-order valence-corrected chi connectivity index (χ3v) is 19.3. The van der Waals surface area contributed by atoms with Crippen LogP contribution in [0.2, 0.25) is 0 Å². The second-order valence-corrected chi connectivity index (χ2v) is 26.6. The molecule has 7 heteroatoms. The van der Waals surface area contributed by atoms with Gasteiger partial charge in [-0.3, -0.25) is 0 Å². The van der Waals surface area contributed by atoms with Gasteiger partial charge < -0.3 is 33.8 Å². The van der Waals surface area contributed by atoms with Gasteiger partial charge in [0.05, 0.1) is 51.2 Å². The van der Waals surface area contributed by atoms with E-state index in [4.69, 9.17) is 4.42 Å². The van der Waals surface area contributed by atoms with Crippen molar-refractivity contribution in [2.45, 2.75) is 41.5 Å². The molecule has 1 aromatic heterocycles. The molecule has 0 N–H and O–H groups in total. The van der Waals surface area contributed by atoms with Gasteiger partial charge >= 0.3 is 0 Å². The molecule has 0 amide bonds. The van der Waals surface area contributed by atoms with E-state index in [2.05, 4.69) is 429 Å². The quantitative estimate of drug-likeness (QED) is 0.0798. The van der Waals surface area contributed by atoms with Crippen LogP contribution in [0.1, 0.15) is 33.4 Å². The lowest BCUT2D eigenvalue weighted by molar-refractivity contribution is 0.669. The summed E-state index contributed by atoms with van der Waals surface area (Å²) in [7, 11) is 0. The van der Waals surface area contributed by atoms with Gasteiger partial charge in [-0.25, -0.2) is 0 Å². The lowest BCUT2D eigenvalue weighted by Gasteiger charge is -2.35. The predicted molar refractivity (Wildman–Crippen MR) is 436 cm³/mol. The Morgan fingerprint density at radius 2 is 0.456 bits per heavy atom. The van der Waals surface area contributed by atoms with Crippen molar-refractivity contribution in [2.24, 2.45) is 0 Å². The van der Waals surface area contributed by atoms with Gasteiger partial charge in [-0.2, -0.15) is 0 Å². The van der Waals surface area contributed by atoms with Gasteiger partial charge in [0.25, 0.3) is 0 Å². The Labute approximate surface area is 604 Å². The van der Waals surface area contributed by atoms with Gasteiger partial charge in [-0.05, 0) is 227 Å². The molecule has 0 unspecified atom stereocenters. The summed E-state index contributed by atoms with van der Waals surface area (Å²) in [5.74, 6) is 0. The van der Waals surface area contributed by atoms with Crippen LogP contribution in [0, 0.1) is 41.5 Å². The van der Waals surface area contributed by atoms with Crippen LogP contribution in [0.15, 0.2) is 368 Å². The average Bonchev–Trinajstić information content (AvgIpc) is 1.69. The van der Waals surface area contributed by atoms with Gasteiger partial charge in [0.1, 0.15) is 11.2 Å². The van der Waals surface area contributed by atoms with Gasteiger partial charge in [-0.15, -0.1) is 0 Å². The summed E-state index contributed by atoms with van der Waals surface area (Å²) in [6, 6.07) is 132. The van der Waals surface area contributed by atoms with E-state index in [0.29, 0.717) is 0 Å². The molecule has 0 aliphatic heterocycles. The first kappa shape index (κ1) is 64.6. The average molecular weight is 1330 g/mol. The third-order valence-electron chi connectivity index (χ3n) is 19.3. The van der Waals surface area contributed by atoms with E-state index in [9.17, 15) is 0 Å². The minimum Gasteiger partial charge on any atom is -0.456 e. The Bertz CT molecular complexity index is 5330. The van der Waals surface area contributed by atoms with Crippen LogP contribution in [0.3, 0.4) is 0 Å². The fourth-order valence-electron chi connectivity index (χ4n) is 15.3. The Morgan fingerprint density at radius 1 is 0.194 bits per heavy atom. The van der Waals surface area contributed by atoms with Gasteiger partial charge in [-0.1, -0.05) is 217 Å². The maximum absolute atomic E-state index is 6.71. The summed E-state index contributed by atoms with van der Waals surface area (Å²) < 4.78 is 6.71. The van der Waals surface area contributed by atoms with Crippen LogP contribution in [0.25, 0.3) is 33.1 Å². The number of rotatable bonds is 19. The molecule has 0 radical (unpaired) electrons. The summed E-state index contributed by atoms with van der Waals surface area (Å²) in [6.45, 7) is 13.4. The zero-order chi connectivity index (χ0) is 69.9. The lowest BCUT2D eigenvalue weighted by atomic mass is 9.96. The van der Waals surface area contributed by atoms with Crippen LogP contribution in [0.4, 0.5) is 102 Å². The normalized spacial score (nSPS) is 11.2. The van der Waals surface area contributed by atoms with Gasteiger partial charge in [0.15, 0.2) is 0 Å². The number of hydrogen-bond acceptors (Lipinski definition) is 7. The highest BCUT2D eigenvalue weighted by molar-refractivity contribution is 6.14. The molecule has 0 aliphatic carbocycles. The maximum atomic E-state index is 6.71. The van der Waals surface area contributed by atoms with Crippen LogP contribution >= 0.6 is 0 Å². The van der Waals surface area contributed by atoms with E-state index in [1.165, 1.54) is 33.4 Å². The topological polar surface area (TPSA) is 32.6 Å². The second-order valence-electron chi connectivity index (χ2n) is 26.6. The summed E-state index contributed by atoms with van der Waals surface area (Å²) >= 11 is 0. The summed E-state index contributed by atoms with van der Waals surface area (Å²) in [6.07, 6.45) is 0. The second kappa shape index (κ2) is 28.3. The Morgan fingerprint density at radius 3 is 0.854 bits per heavy atom. The van der Waals surface area contributed by atoms with Gasteiger partial charge in [0.2, 0.25) is 0 Å². The van der Waals surface area contributed by atoms with Crippen LogP contribution < -0.4 is 29.4 Å². The van der Waals surface area contributed by atoms with E-state index in [-0.39, 0.29) is 0 Å². The molecule has 0 saturated carbocycles. The molecule has 0 atom stereocenters. The first-order valence-corrected chi connectivity index (χ1v) is 35.3. The smallest absolute Gasteiger partial charge is 0.136 e. The van der Waals surface area contributed by atoms with Crippen molar-refractivity contribution in [3.63, 3.8) is 0 Å². The fourth-order valence-corrected chi connectivity index (χ4v) is 15.3. The first-order chi connectivity index (χ1) is 50.6. The standard InChI is InChI=1S/C96H78N6O/c1-67-56-69(3)95(70(4)57-67)101(78-44-24-12-25-45-78)86-64-84(65-87(66-86)102(79-46-26-13-27-47-79)96-71(5)58-68(2)59-72(96)6)99(77-42-22-11-23-43-77)80-48-32-49-81(60-80)100(91-53-30-28-50-88(91)89-52-33-55-93-94(89)90-51-29-31-54-92(90)103-93)85-62-82(97(73-34-14-7-15-35-73)74-36-16-8-17-37-74)61-83(63-85)98(75-38-18-9-19-39-75)76-40-20-10-21-41-76/h7-66H,1-6H3. The number of furan rings is 1. The minimum atomic E-state index is 0.825. The maximum Gasteiger partial charge on any atom is 0.136 e. The molecule has 0 spiro atoms. The van der Waals surface area contributed by atoms with Crippen molar-refractivity contribution in [1.29, 1.82) is 0 Å². The lowest BCUT2D eigenvalue weighted by Crippen LogP contribution is -2.18.